The lowest BCUT2D eigenvalue weighted by Crippen LogP contribution is -2.04. The van der Waals surface area contributed by atoms with E-state index >= 15 is 0 Å². The normalized spacial score (nSPS) is 11.3. The summed E-state index contributed by atoms with van der Waals surface area (Å²) >= 11 is 5.63. The molecule has 92 valence electrons. The molecule has 5 heteroatoms. The summed E-state index contributed by atoms with van der Waals surface area (Å²) in [7, 11) is 0. The number of hydrogen-bond donors (Lipinski definition) is 1. The Kier molecular flexibility index (Phi) is 4.15. The molecule has 1 aromatic heterocycles. The zero-order chi connectivity index (χ0) is 12.8. The van der Waals surface area contributed by atoms with E-state index in [4.69, 9.17) is 21.5 Å². The third-order valence-corrected chi connectivity index (χ3v) is 2.50. The number of nitrogens with one attached hydrogen (secondary N) is 1. The van der Waals surface area contributed by atoms with Gasteiger partial charge in [-0.2, -0.15) is 4.98 Å². The topological polar surface area (TPSA) is 56.0 Å². The highest BCUT2D eigenvalue weighted by Crippen LogP contribution is 2.18. The average Bonchev–Trinajstić information content (AvgIpc) is 2.42. The van der Waals surface area contributed by atoms with E-state index in [2.05, 4.69) is 10.1 Å². The van der Waals surface area contributed by atoms with E-state index in [9.17, 15) is 0 Å². The molecular weight excluding hydrogens is 252 g/mol. The first-order valence-corrected chi connectivity index (χ1v) is 5.75. The summed E-state index contributed by atoms with van der Waals surface area (Å²) in [5.41, 5.74) is 0.946. The summed E-state index contributed by atoms with van der Waals surface area (Å²) in [4.78, 5) is 2.98. The first-order valence-electron chi connectivity index (χ1n) is 5.38. The molecule has 0 fully saturated rings. The summed E-state index contributed by atoms with van der Waals surface area (Å²) < 4.78 is 5.60. The minimum atomic E-state index is 0.153. The Morgan fingerprint density at radius 2 is 2.00 bits per heavy atom. The van der Waals surface area contributed by atoms with Crippen molar-refractivity contribution in [3.63, 3.8) is 0 Å². The van der Waals surface area contributed by atoms with E-state index in [1.165, 1.54) is 0 Å². The minimum absolute atomic E-state index is 0.153. The van der Waals surface area contributed by atoms with Gasteiger partial charge in [0, 0.05) is 12.5 Å². The van der Waals surface area contributed by atoms with Gasteiger partial charge >= 0.3 is 5.88 Å². The van der Waals surface area contributed by atoms with Crippen LogP contribution in [0.2, 0.25) is 0 Å². The van der Waals surface area contributed by atoms with Crippen LogP contribution in [0.1, 0.15) is 5.56 Å². The largest absolute Gasteiger partial charge is 0.410 e. The minimum Gasteiger partial charge on any atom is -0.410 e. The van der Waals surface area contributed by atoms with Crippen LogP contribution in [0.5, 0.6) is 11.6 Å². The Labute approximate surface area is 109 Å². The maximum absolute atomic E-state index is 8.47. The summed E-state index contributed by atoms with van der Waals surface area (Å²) in [6.45, 7) is 0. The molecule has 0 saturated heterocycles. The second-order valence-corrected chi connectivity index (χ2v) is 4.06. The number of oxime groups is 1. The molecule has 2 N–H and O–H groups in total. The molecule has 0 aliphatic carbocycles. The molecule has 0 saturated carbocycles. The van der Waals surface area contributed by atoms with Gasteiger partial charge < -0.3 is 9.94 Å². The molecule has 1 aromatic carbocycles. The quantitative estimate of drug-likeness (QED) is 0.524. The van der Waals surface area contributed by atoms with Crippen LogP contribution >= 0.6 is 11.6 Å². The smallest absolute Gasteiger partial charge is 0.371 e. The molecule has 0 unspecified atom stereocenters. The number of benzene rings is 1. The number of nitrogens with zero attached hydrogens (tertiary/aromatic N) is 1. The molecule has 1 heterocycles. The van der Waals surface area contributed by atoms with Crippen molar-refractivity contribution in [2.45, 2.75) is 6.42 Å². The van der Waals surface area contributed by atoms with Gasteiger partial charge in [-0.3, -0.25) is 0 Å². The van der Waals surface area contributed by atoms with Crippen LogP contribution in [0.3, 0.4) is 0 Å². The number of hydrogen-bond acceptors (Lipinski definition) is 3. The molecule has 0 atom stereocenters. The molecule has 0 bridgehead atoms. The second kappa shape index (κ2) is 6.02. The number of pyridine rings is 1. The van der Waals surface area contributed by atoms with Crippen LogP contribution < -0.4 is 9.72 Å². The van der Waals surface area contributed by atoms with Crippen LogP contribution in [0.25, 0.3) is 0 Å². The van der Waals surface area contributed by atoms with Gasteiger partial charge in [0.05, 0.1) is 6.07 Å². The molecule has 0 spiro atoms. The van der Waals surface area contributed by atoms with E-state index in [-0.39, 0.29) is 5.17 Å². The first-order chi connectivity index (χ1) is 8.78. The number of aromatic amines is 1. The molecule has 0 aliphatic heterocycles. The van der Waals surface area contributed by atoms with Crippen molar-refractivity contribution >= 4 is 16.8 Å². The summed E-state index contributed by atoms with van der Waals surface area (Å²) in [6, 6.07) is 13.0. The third kappa shape index (κ3) is 3.46. The van der Waals surface area contributed by atoms with Crippen molar-refractivity contribution in [3.05, 3.63) is 54.2 Å². The van der Waals surface area contributed by atoms with Gasteiger partial charge in [-0.25, -0.2) is 0 Å². The SMILES string of the molecule is O/N=C(\Cl)Cc1ccc(Oc2cccc[nH+]2)cc1. The van der Waals surface area contributed by atoms with Crippen molar-refractivity contribution in [2.75, 3.05) is 0 Å². The molecule has 2 rings (SSSR count). The summed E-state index contributed by atoms with van der Waals surface area (Å²) in [5.74, 6) is 1.39. The van der Waals surface area contributed by atoms with Crippen LogP contribution in [0.15, 0.2) is 53.8 Å². The highest BCUT2D eigenvalue weighted by molar-refractivity contribution is 6.65. The predicted octanol–water partition coefficient (Wildman–Crippen LogP) is 2.86. The highest BCUT2D eigenvalue weighted by Gasteiger charge is 2.03. The van der Waals surface area contributed by atoms with Crippen molar-refractivity contribution in [1.29, 1.82) is 0 Å². The Morgan fingerprint density at radius 1 is 1.22 bits per heavy atom. The maximum Gasteiger partial charge on any atom is 0.371 e. The van der Waals surface area contributed by atoms with E-state index < -0.39 is 0 Å². The summed E-state index contributed by atoms with van der Waals surface area (Å²) in [6.07, 6.45) is 2.19. The Bertz CT molecular complexity index is 526. The lowest BCUT2D eigenvalue weighted by atomic mass is 10.1. The van der Waals surface area contributed by atoms with Gasteiger partial charge in [-0.1, -0.05) is 28.9 Å². The van der Waals surface area contributed by atoms with Gasteiger partial charge in [0.15, 0.2) is 6.20 Å². The fourth-order valence-electron chi connectivity index (χ4n) is 1.45. The molecule has 0 aliphatic rings. The zero-order valence-corrected chi connectivity index (χ0v) is 10.3. The number of halogens is 1. The molecular formula is C13H12ClN2O2+. The standard InChI is InChI=1S/C13H11ClN2O2/c14-12(16-17)9-10-4-6-11(7-5-10)18-13-3-1-2-8-15-13/h1-8,17H,9H2/p+1/b16-12-. The van der Waals surface area contributed by atoms with Crippen LogP contribution in [-0.4, -0.2) is 10.4 Å². The van der Waals surface area contributed by atoms with Crippen LogP contribution in [0, 0.1) is 0 Å². The van der Waals surface area contributed by atoms with E-state index in [0.29, 0.717) is 12.3 Å². The lowest BCUT2D eigenvalue weighted by molar-refractivity contribution is -0.390. The lowest BCUT2D eigenvalue weighted by Gasteiger charge is -2.02. The monoisotopic (exact) mass is 263 g/mol. The average molecular weight is 264 g/mol. The molecule has 0 radical (unpaired) electrons. The van der Waals surface area contributed by atoms with Gasteiger partial charge in [0.1, 0.15) is 10.9 Å². The number of aromatic nitrogens is 1. The molecule has 0 amide bonds. The van der Waals surface area contributed by atoms with E-state index in [1.54, 1.807) is 6.20 Å². The van der Waals surface area contributed by atoms with Gasteiger partial charge in [-0.05, 0) is 23.8 Å². The molecule has 2 aromatic rings. The van der Waals surface area contributed by atoms with Crippen LogP contribution in [-0.2, 0) is 6.42 Å². The second-order valence-electron chi connectivity index (χ2n) is 3.63. The van der Waals surface area contributed by atoms with E-state index in [0.717, 1.165) is 11.3 Å². The van der Waals surface area contributed by atoms with Crippen molar-refractivity contribution in [2.24, 2.45) is 5.16 Å². The van der Waals surface area contributed by atoms with Gasteiger partial charge in [-0.15, -0.1) is 0 Å². The number of rotatable bonds is 4. The first kappa shape index (κ1) is 12.4. The molecule has 4 nitrogen and oxygen atoms in total. The van der Waals surface area contributed by atoms with Crippen molar-refractivity contribution in [3.8, 4) is 11.6 Å². The third-order valence-electron chi connectivity index (χ3n) is 2.29. The zero-order valence-electron chi connectivity index (χ0n) is 9.51. The molecule has 18 heavy (non-hydrogen) atoms. The van der Waals surface area contributed by atoms with Crippen LogP contribution in [0.4, 0.5) is 0 Å². The van der Waals surface area contributed by atoms with Gasteiger partial charge in [0.25, 0.3) is 0 Å². The Morgan fingerprint density at radius 3 is 2.61 bits per heavy atom. The maximum atomic E-state index is 8.47. The van der Waals surface area contributed by atoms with E-state index in [1.807, 2.05) is 42.5 Å². The van der Waals surface area contributed by atoms with Crippen molar-refractivity contribution < 1.29 is 14.9 Å². The Hall–Kier alpha value is -2.07. The number of H-pyrrole nitrogens is 1. The van der Waals surface area contributed by atoms with Crippen molar-refractivity contribution in [1.82, 2.24) is 0 Å². The Balaban J connectivity index is 2.04. The van der Waals surface area contributed by atoms with Gasteiger partial charge in [0.2, 0.25) is 0 Å². The summed E-state index contributed by atoms with van der Waals surface area (Å²) in [5, 5.41) is 11.5. The predicted molar refractivity (Wildman–Crippen MR) is 68.3 cm³/mol. The fraction of sp³-hybridized carbons (Fsp3) is 0.0769. The fourth-order valence-corrected chi connectivity index (χ4v) is 1.60. The highest BCUT2D eigenvalue weighted by atomic mass is 35.5. The number of ether oxygens (including phenoxy) is 1.